The number of anilines is 1. The van der Waals surface area contributed by atoms with Crippen LogP contribution >= 0.6 is 0 Å². The van der Waals surface area contributed by atoms with E-state index in [1.54, 1.807) is 0 Å². The van der Waals surface area contributed by atoms with Crippen LogP contribution in [0.4, 0.5) is 14.5 Å². The average molecular weight is 269 g/mol. The molecule has 1 aromatic rings. The zero-order valence-corrected chi connectivity index (χ0v) is 10.8. The molecule has 2 rings (SSSR count). The molecule has 5 heteroatoms. The maximum Gasteiger partial charge on any atom is 0.340 e. The molecule has 0 amide bonds. The molecule has 1 aliphatic carbocycles. The number of hydrogen-bond donors (Lipinski definition) is 1. The molecule has 1 aromatic carbocycles. The molecule has 2 atom stereocenters. The number of esters is 1. The molecular weight excluding hydrogens is 252 g/mol. The van der Waals surface area contributed by atoms with Gasteiger partial charge >= 0.3 is 5.97 Å². The van der Waals surface area contributed by atoms with Gasteiger partial charge in [0.15, 0.2) is 11.6 Å². The SMILES string of the molecule is CC1CCCCC1OC(=O)c1cc(F)c(F)cc1N. The van der Waals surface area contributed by atoms with Gasteiger partial charge in [0, 0.05) is 11.8 Å². The molecule has 0 aliphatic heterocycles. The Bertz CT molecular complexity index is 491. The van der Waals surface area contributed by atoms with Crippen molar-refractivity contribution < 1.29 is 18.3 Å². The number of halogens is 2. The van der Waals surface area contributed by atoms with E-state index >= 15 is 0 Å². The summed E-state index contributed by atoms with van der Waals surface area (Å²) in [5, 5.41) is 0. The van der Waals surface area contributed by atoms with E-state index in [0.29, 0.717) is 0 Å². The summed E-state index contributed by atoms with van der Waals surface area (Å²) in [6.45, 7) is 2.02. The highest BCUT2D eigenvalue weighted by Crippen LogP contribution is 2.28. The minimum Gasteiger partial charge on any atom is -0.458 e. The maximum absolute atomic E-state index is 13.1. The van der Waals surface area contributed by atoms with Gasteiger partial charge < -0.3 is 10.5 Å². The summed E-state index contributed by atoms with van der Waals surface area (Å²) < 4.78 is 31.4. The van der Waals surface area contributed by atoms with Crippen molar-refractivity contribution in [2.45, 2.75) is 38.7 Å². The third-order valence-electron chi connectivity index (χ3n) is 3.60. The summed E-state index contributed by atoms with van der Waals surface area (Å²) in [5.41, 5.74) is 5.30. The Labute approximate surface area is 110 Å². The van der Waals surface area contributed by atoms with E-state index in [0.717, 1.165) is 37.8 Å². The summed E-state index contributed by atoms with van der Waals surface area (Å²) in [5.74, 6) is -2.57. The molecule has 1 saturated carbocycles. The fraction of sp³-hybridized carbons (Fsp3) is 0.500. The second-order valence-electron chi connectivity index (χ2n) is 5.06. The van der Waals surface area contributed by atoms with Crippen LogP contribution in [0.1, 0.15) is 43.0 Å². The Morgan fingerprint density at radius 2 is 1.89 bits per heavy atom. The first-order valence-corrected chi connectivity index (χ1v) is 6.44. The van der Waals surface area contributed by atoms with Gasteiger partial charge in [0.2, 0.25) is 0 Å². The predicted molar refractivity (Wildman–Crippen MR) is 67.6 cm³/mol. The van der Waals surface area contributed by atoms with Gasteiger partial charge in [-0.2, -0.15) is 0 Å². The highest BCUT2D eigenvalue weighted by Gasteiger charge is 2.26. The van der Waals surface area contributed by atoms with E-state index in [1.807, 2.05) is 6.92 Å². The summed E-state index contributed by atoms with van der Waals surface area (Å²) in [6, 6.07) is 1.59. The Morgan fingerprint density at radius 3 is 2.58 bits per heavy atom. The molecule has 104 valence electrons. The monoisotopic (exact) mass is 269 g/mol. The van der Waals surface area contributed by atoms with Gasteiger partial charge in [0.1, 0.15) is 6.10 Å². The second kappa shape index (κ2) is 5.55. The van der Waals surface area contributed by atoms with Gasteiger partial charge in [-0.05, 0) is 31.2 Å². The number of hydrogen-bond acceptors (Lipinski definition) is 3. The van der Waals surface area contributed by atoms with Crippen molar-refractivity contribution in [2.75, 3.05) is 5.73 Å². The summed E-state index contributed by atoms with van der Waals surface area (Å²) >= 11 is 0. The van der Waals surface area contributed by atoms with Crippen LogP contribution in [0.15, 0.2) is 12.1 Å². The number of nitrogens with two attached hydrogens (primary N) is 1. The maximum atomic E-state index is 13.1. The van der Waals surface area contributed by atoms with Crippen molar-refractivity contribution in [1.82, 2.24) is 0 Å². The first kappa shape index (κ1) is 13.8. The first-order valence-electron chi connectivity index (χ1n) is 6.44. The third-order valence-corrected chi connectivity index (χ3v) is 3.60. The van der Waals surface area contributed by atoms with Crippen LogP contribution in [0.3, 0.4) is 0 Å². The average Bonchev–Trinajstić information content (AvgIpc) is 2.36. The topological polar surface area (TPSA) is 52.3 Å². The highest BCUT2D eigenvalue weighted by molar-refractivity contribution is 5.95. The molecule has 0 spiro atoms. The molecule has 0 bridgehead atoms. The minimum atomic E-state index is -1.10. The molecule has 19 heavy (non-hydrogen) atoms. The van der Waals surface area contributed by atoms with Gasteiger partial charge in [-0.15, -0.1) is 0 Å². The standard InChI is InChI=1S/C14H17F2NO2/c1-8-4-2-3-5-13(8)19-14(18)9-6-10(15)11(16)7-12(9)17/h6-8,13H,2-5,17H2,1H3. The number of nitrogen functional groups attached to an aromatic ring is 1. The van der Waals surface area contributed by atoms with E-state index in [9.17, 15) is 13.6 Å². The lowest BCUT2D eigenvalue weighted by atomic mass is 9.88. The number of carbonyl (C=O) groups is 1. The molecule has 0 saturated heterocycles. The van der Waals surface area contributed by atoms with Crippen molar-refractivity contribution in [2.24, 2.45) is 5.92 Å². The van der Waals surface area contributed by atoms with E-state index in [2.05, 4.69) is 0 Å². The van der Waals surface area contributed by atoms with Crippen LogP contribution in [-0.4, -0.2) is 12.1 Å². The van der Waals surface area contributed by atoms with Crippen LogP contribution in [0, 0.1) is 17.6 Å². The highest BCUT2D eigenvalue weighted by atomic mass is 19.2. The summed E-state index contributed by atoms with van der Waals surface area (Å²) in [4.78, 5) is 12.0. The molecule has 2 unspecified atom stereocenters. The van der Waals surface area contributed by atoms with Crippen molar-refractivity contribution in [1.29, 1.82) is 0 Å². The number of rotatable bonds is 2. The molecule has 0 heterocycles. The molecule has 0 radical (unpaired) electrons. The third kappa shape index (κ3) is 3.03. The molecule has 3 nitrogen and oxygen atoms in total. The Hall–Kier alpha value is -1.65. The first-order chi connectivity index (χ1) is 8.99. The van der Waals surface area contributed by atoms with Crippen molar-refractivity contribution in [3.8, 4) is 0 Å². The van der Waals surface area contributed by atoms with Gasteiger partial charge in [0.05, 0.1) is 5.56 Å². The van der Waals surface area contributed by atoms with E-state index in [1.165, 1.54) is 0 Å². The van der Waals surface area contributed by atoms with E-state index in [-0.39, 0.29) is 23.3 Å². The lowest BCUT2D eigenvalue weighted by molar-refractivity contribution is 0.00488. The summed E-state index contributed by atoms with van der Waals surface area (Å²) in [7, 11) is 0. The van der Waals surface area contributed by atoms with Gasteiger partial charge in [-0.25, -0.2) is 13.6 Å². The number of ether oxygens (including phenoxy) is 1. The normalized spacial score (nSPS) is 23.1. The predicted octanol–water partition coefficient (Wildman–Crippen LogP) is 3.28. The lowest BCUT2D eigenvalue weighted by Crippen LogP contribution is -2.28. The van der Waals surface area contributed by atoms with Gasteiger partial charge in [-0.3, -0.25) is 0 Å². The molecule has 1 aliphatic rings. The lowest BCUT2D eigenvalue weighted by Gasteiger charge is -2.28. The fourth-order valence-electron chi connectivity index (χ4n) is 2.40. The van der Waals surface area contributed by atoms with Gasteiger partial charge in [-0.1, -0.05) is 13.3 Å². The van der Waals surface area contributed by atoms with Crippen LogP contribution < -0.4 is 5.73 Å². The van der Waals surface area contributed by atoms with Crippen LogP contribution in [0.25, 0.3) is 0 Å². The Morgan fingerprint density at radius 1 is 1.26 bits per heavy atom. The van der Waals surface area contributed by atoms with E-state index in [4.69, 9.17) is 10.5 Å². The largest absolute Gasteiger partial charge is 0.458 e. The summed E-state index contributed by atoms with van der Waals surface area (Å²) in [6.07, 6.45) is 3.77. The Kier molecular flexibility index (Phi) is 4.02. The molecule has 1 fully saturated rings. The van der Waals surface area contributed by atoms with Crippen molar-refractivity contribution in [3.63, 3.8) is 0 Å². The van der Waals surface area contributed by atoms with Crippen molar-refractivity contribution >= 4 is 11.7 Å². The quantitative estimate of drug-likeness (QED) is 0.662. The van der Waals surface area contributed by atoms with E-state index < -0.39 is 17.6 Å². The zero-order chi connectivity index (χ0) is 14.0. The van der Waals surface area contributed by atoms with Crippen LogP contribution in [-0.2, 0) is 4.74 Å². The second-order valence-corrected chi connectivity index (χ2v) is 5.06. The minimum absolute atomic E-state index is 0.104. The van der Waals surface area contributed by atoms with Crippen LogP contribution in [0.2, 0.25) is 0 Å². The van der Waals surface area contributed by atoms with Crippen molar-refractivity contribution in [3.05, 3.63) is 29.3 Å². The number of carbonyl (C=O) groups excluding carboxylic acids is 1. The zero-order valence-electron chi connectivity index (χ0n) is 10.8. The molecule has 2 N–H and O–H groups in total. The smallest absolute Gasteiger partial charge is 0.340 e. The van der Waals surface area contributed by atoms with Gasteiger partial charge in [0.25, 0.3) is 0 Å². The fourth-order valence-corrected chi connectivity index (χ4v) is 2.40. The Balaban J connectivity index is 2.13. The van der Waals surface area contributed by atoms with Crippen LogP contribution in [0.5, 0.6) is 0 Å². The molecular formula is C14H17F2NO2. The molecule has 0 aromatic heterocycles. The number of benzene rings is 1.